The molecule has 1 aliphatic heterocycles. The van der Waals surface area contributed by atoms with Crippen molar-refractivity contribution >= 4 is 17.7 Å². The van der Waals surface area contributed by atoms with Gasteiger partial charge in [0.1, 0.15) is 11.5 Å². The van der Waals surface area contributed by atoms with Crippen molar-refractivity contribution in [3.05, 3.63) is 28.8 Å². The molecule has 0 aromatic heterocycles. The molecule has 0 saturated carbocycles. The Morgan fingerprint density at radius 2 is 1.72 bits per heavy atom. The first-order chi connectivity index (χ1) is 11.5. The lowest BCUT2D eigenvalue weighted by atomic mass is 9.78. The van der Waals surface area contributed by atoms with E-state index in [2.05, 4.69) is 12.1 Å². The second-order valence-corrected chi connectivity index (χ2v) is 7.87. The van der Waals surface area contributed by atoms with Gasteiger partial charge in [0.05, 0.1) is 18.8 Å². The summed E-state index contributed by atoms with van der Waals surface area (Å²) in [6.45, 7) is 13.7. The van der Waals surface area contributed by atoms with E-state index in [0.717, 1.165) is 22.4 Å². The normalized spacial score (nSPS) is 20.8. The Balaban J connectivity index is 2.57. The first kappa shape index (κ1) is 19.3. The van der Waals surface area contributed by atoms with Crippen LogP contribution in [0, 0.1) is 32.1 Å². The number of carbonyl (C=O) groups excluding carboxylic acids is 2. The molecule has 1 aliphatic rings. The van der Waals surface area contributed by atoms with Crippen molar-refractivity contribution in [1.29, 1.82) is 0 Å². The van der Waals surface area contributed by atoms with Crippen LogP contribution in [-0.2, 0) is 14.3 Å². The Kier molecular flexibility index (Phi) is 5.17. The number of aryl methyl sites for hydroxylation is 3. The lowest BCUT2D eigenvalue weighted by molar-refractivity contribution is -0.157. The molecule has 0 N–H and O–H groups in total. The number of benzene rings is 1. The van der Waals surface area contributed by atoms with E-state index in [-0.39, 0.29) is 17.9 Å². The molecule has 2 atom stereocenters. The van der Waals surface area contributed by atoms with Gasteiger partial charge in [-0.3, -0.25) is 9.69 Å². The molecule has 2 rings (SSSR count). The number of rotatable bonds is 4. The van der Waals surface area contributed by atoms with Crippen LogP contribution in [0.4, 0.5) is 10.5 Å². The third-order valence-corrected chi connectivity index (χ3v) is 5.01. The van der Waals surface area contributed by atoms with E-state index in [9.17, 15) is 9.59 Å². The maximum Gasteiger partial charge on any atom is 0.415 e. The number of nitrogens with zero attached hydrogens (tertiary/aromatic N) is 1. The summed E-state index contributed by atoms with van der Waals surface area (Å²) in [5.74, 6) is -0.268. The van der Waals surface area contributed by atoms with E-state index in [4.69, 9.17) is 9.47 Å². The zero-order valence-corrected chi connectivity index (χ0v) is 16.5. The number of carbonyl (C=O) groups is 2. The predicted octanol–water partition coefficient (Wildman–Crippen LogP) is 4.16. The summed E-state index contributed by atoms with van der Waals surface area (Å²) in [5.41, 5.74) is 3.14. The molecule has 5 nitrogen and oxygen atoms in total. The van der Waals surface area contributed by atoms with Crippen LogP contribution in [0.3, 0.4) is 0 Å². The first-order valence-electron chi connectivity index (χ1n) is 8.68. The SMILES string of the molecule is COC(=O)C(C)(C)[C@@H]1OC(=O)N(c2c(C)cc(C)cc2C)[C@H]1C(C)C. The van der Waals surface area contributed by atoms with Crippen molar-refractivity contribution in [2.24, 2.45) is 11.3 Å². The Morgan fingerprint density at radius 1 is 1.20 bits per heavy atom. The number of methoxy groups -OCH3 is 1. The Bertz CT molecular complexity index is 670. The van der Waals surface area contributed by atoms with E-state index in [1.165, 1.54) is 7.11 Å². The average Bonchev–Trinajstić information content (AvgIpc) is 2.84. The number of amides is 1. The Labute approximate surface area is 150 Å². The third-order valence-electron chi connectivity index (χ3n) is 5.01. The van der Waals surface area contributed by atoms with Gasteiger partial charge in [-0.05, 0) is 51.7 Å². The van der Waals surface area contributed by atoms with Gasteiger partial charge >= 0.3 is 12.1 Å². The number of hydrogen-bond acceptors (Lipinski definition) is 4. The predicted molar refractivity (Wildman–Crippen MR) is 97.8 cm³/mol. The molecule has 1 aromatic carbocycles. The number of esters is 1. The van der Waals surface area contributed by atoms with Gasteiger partial charge in [0.25, 0.3) is 0 Å². The van der Waals surface area contributed by atoms with E-state index >= 15 is 0 Å². The smallest absolute Gasteiger partial charge is 0.415 e. The number of cyclic esters (lactones) is 1. The fraction of sp³-hybridized carbons (Fsp3) is 0.600. The molecule has 0 unspecified atom stereocenters. The lowest BCUT2D eigenvalue weighted by Crippen LogP contribution is -2.50. The van der Waals surface area contributed by atoms with Gasteiger partial charge in [-0.15, -0.1) is 0 Å². The summed E-state index contributed by atoms with van der Waals surface area (Å²) >= 11 is 0. The molecule has 0 spiro atoms. The molecule has 138 valence electrons. The van der Waals surface area contributed by atoms with Crippen LogP contribution in [-0.4, -0.2) is 31.3 Å². The Morgan fingerprint density at radius 3 is 2.16 bits per heavy atom. The standard InChI is InChI=1S/C20H29NO4/c1-11(2)15-17(20(6,7)18(22)24-8)25-19(23)21(15)16-13(4)9-12(3)10-14(16)5/h9-11,15,17H,1-8H3/t15-,17+/m0/s1. The lowest BCUT2D eigenvalue weighted by Gasteiger charge is -2.35. The van der Waals surface area contributed by atoms with Crippen molar-refractivity contribution in [2.45, 2.75) is 60.6 Å². The van der Waals surface area contributed by atoms with Crippen LogP contribution < -0.4 is 4.90 Å². The summed E-state index contributed by atoms with van der Waals surface area (Å²) in [5, 5.41) is 0. The quantitative estimate of drug-likeness (QED) is 0.768. The molecular weight excluding hydrogens is 318 g/mol. The van der Waals surface area contributed by atoms with Gasteiger partial charge in [-0.25, -0.2) is 4.79 Å². The summed E-state index contributed by atoms with van der Waals surface area (Å²) in [6.07, 6.45) is -0.983. The molecule has 0 bridgehead atoms. The van der Waals surface area contributed by atoms with Gasteiger partial charge in [0.15, 0.2) is 0 Å². The molecule has 1 saturated heterocycles. The van der Waals surface area contributed by atoms with Crippen molar-refractivity contribution in [3.63, 3.8) is 0 Å². The van der Waals surface area contributed by atoms with Gasteiger partial charge < -0.3 is 9.47 Å². The maximum atomic E-state index is 12.8. The Hall–Kier alpha value is -2.04. The largest absolute Gasteiger partial charge is 0.468 e. The van der Waals surface area contributed by atoms with E-state index in [0.29, 0.717) is 0 Å². The van der Waals surface area contributed by atoms with Crippen LogP contribution in [0.25, 0.3) is 0 Å². The second kappa shape index (κ2) is 6.70. The second-order valence-electron chi connectivity index (χ2n) is 7.87. The number of anilines is 1. The van der Waals surface area contributed by atoms with Gasteiger partial charge in [0.2, 0.25) is 0 Å². The van der Waals surface area contributed by atoms with Crippen molar-refractivity contribution < 1.29 is 19.1 Å². The van der Waals surface area contributed by atoms with Crippen molar-refractivity contribution in [1.82, 2.24) is 0 Å². The molecule has 25 heavy (non-hydrogen) atoms. The fourth-order valence-corrected chi connectivity index (χ4v) is 3.89. The number of ether oxygens (including phenoxy) is 2. The van der Waals surface area contributed by atoms with Crippen LogP contribution in [0.15, 0.2) is 12.1 Å². The minimum absolute atomic E-state index is 0.112. The highest BCUT2D eigenvalue weighted by Crippen LogP contribution is 2.42. The van der Waals surface area contributed by atoms with E-state index < -0.39 is 17.6 Å². The molecule has 5 heteroatoms. The highest BCUT2D eigenvalue weighted by atomic mass is 16.6. The van der Waals surface area contributed by atoms with Crippen molar-refractivity contribution in [3.8, 4) is 0 Å². The third kappa shape index (κ3) is 3.24. The zero-order valence-electron chi connectivity index (χ0n) is 16.5. The summed E-state index contributed by atoms with van der Waals surface area (Å²) in [7, 11) is 1.36. The fourth-order valence-electron chi connectivity index (χ4n) is 3.89. The van der Waals surface area contributed by atoms with Gasteiger partial charge in [0, 0.05) is 0 Å². The van der Waals surface area contributed by atoms with Crippen LogP contribution in [0.5, 0.6) is 0 Å². The molecule has 1 fully saturated rings. The summed E-state index contributed by atoms with van der Waals surface area (Å²) in [4.78, 5) is 26.8. The molecule has 1 amide bonds. The molecular formula is C20H29NO4. The van der Waals surface area contributed by atoms with Crippen LogP contribution in [0.2, 0.25) is 0 Å². The van der Waals surface area contributed by atoms with E-state index in [1.54, 1.807) is 18.7 Å². The topological polar surface area (TPSA) is 55.8 Å². The maximum absolute atomic E-state index is 12.8. The van der Waals surface area contributed by atoms with Gasteiger partial charge in [-0.1, -0.05) is 31.5 Å². The minimum atomic E-state index is -0.930. The van der Waals surface area contributed by atoms with Crippen LogP contribution >= 0.6 is 0 Å². The summed E-state index contributed by atoms with van der Waals surface area (Å²) in [6, 6.07) is 3.87. The van der Waals surface area contributed by atoms with Crippen molar-refractivity contribution in [2.75, 3.05) is 12.0 Å². The monoisotopic (exact) mass is 347 g/mol. The molecule has 0 radical (unpaired) electrons. The first-order valence-corrected chi connectivity index (χ1v) is 8.68. The molecule has 1 aromatic rings. The molecule has 1 heterocycles. The average molecular weight is 347 g/mol. The zero-order chi connectivity index (χ0) is 19.1. The van der Waals surface area contributed by atoms with Gasteiger partial charge in [-0.2, -0.15) is 0 Å². The number of hydrogen-bond donors (Lipinski definition) is 0. The summed E-state index contributed by atoms with van der Waals surface area (Å²) < 4.78 is 10.7. The highest BCUT2D eigenvalue weighted by molar-refractivity contribution is 5.94. The highest BCUT2D eigenvalue weighted by Gasteiger charge is 2.54. The van der Waals surface area contributed by atoms with Crippen LogP contribution in [0.1, 0.15) is 44.4 Å². The minimum Gasteiger partial charge on any atom is -0.468 e. The van der Waals surface area contributed by atoms with E-state index in [1.807, 2.05) is 34.6 Å². The molecule has 0 aliphatic carbocycles.